The average Bonchev–Trinajstić information content (AvgIpc) is 2.22. The topological polar surface area (TPSA) is 64.8 Å². The van der Waals surface area contributed by atoms with Gasteiger partial charge in [0.2, 0.25) is 0 Å². The fourth-order valence-electron chi connectivity index (χ4n) is 1.10. The Morgan fingerprint density at radius 1 is 1.43 bits per heavy atom. The van der Waals surface area contributed by atoms with Crippen LogP contribution in [0.3, 0.4) is 0 Å². The molecule has 0 aromatic heterocycles. The number of nitrogens with two attached hydrogens (primary N) is 1. The van der Waals surface area contributed by atoms with E-state index in [2.05, 4.69) is 9.64 Å². The van der Waals surface area contributed by atoms with E-state index in [0.717, 1.165) is 32.8 Å². The van der Waals surface area contributed by atoms with Gasteiger partial charge in [-0.3, -0.25) is 4.90 Å². The molecule has 0 atom stereocenters. The molecule has 1 amide bonds. The lowest BCUT2D eigenvalue weighted by atomic mass is 10.4. The lowest BCUT2D eigenvalue weighted by Crippen LogP contribution is -2.38. The van der Waals surface area contributed by atoms with E-state index >= 15 is 0 Å². The minimum Gasteiger partial charge on any atom is -0.448 e. The molecule has 0 aliphatic carbocycles. The first-order valence-electron chi connectivity index (χ1n) is 5.01. The second-order valence-corrected chi connectivity index (χ2v) is 2.62. The highest BCUT2D eigenvalue weighted by Crippen LogP contribution is 1.95. The lowest BCUT2D eigenvalue weighted by molar-refractivity contribution is 0.0287. The van der Waals surface area contributed by atoms with Gasteiger partial charge in [-0.2, -0.15) is 0 Å². The van der Waals surface area contributed by atoms with Crippen molar-refractivity contribution in [2.75, 3.05) is 39.5 Å². The zero-order valence-electron chi connectivity index (χ0n) is 8.99. The first-order valence-corrected chi connectivity index (χ1v) is 5.01. The van der Waals surface area contributed by atoms with Crippen molar-refractivity contribution >= 4 is 6.09 Å². The summed E-state index contributed by atoms with van der Waals surface area (Å²) in [6.45, 7) is 8.44. The van der Waals surface area contributed by atoms with E-state index in [0.29, 0.717) is 6.61 Å². The minimum absolute atomic E-state index is 0.370. The van der Waals surface area contributed by atoms with E-state index in [9.17, 15) is 4.79 Å². The van der Waals surface area contributed by atoms with E-state index in [1.165, 1.54) is 0 Å². The monoisotopic (exact) mass is 204 g/mol. The highest BCUT2D eigenvalue weighted by atomic mass is 16.5. The standard InChI is InChI=1S/C7H14N2O3.C2H6/c8-7(10)12-6-3-9-1-4-11-5-2-9;1-2/h1-6H2,(H2,8,10);1-2H3. The molecule has 0 saturated carbocycles. The third-order valence-electron chi connectivity index (χ3n) is 1.76. The van der Waals surface area contributed by atoms with Crippen molar-refractivity contribution in [3.8, 4) is 0 Å². The van der Waals surface area contributed by atoms with Crippen molar-refractivity contribution in [3.05, 3.63) is 0 Å². The van der Waals surface area contributed by atoms with Crippen LogP contribution in [0.4, 0.5) is 4.79 Å². The molecule has 1 aliphatic heterocycles. The van der Waals surface area contributed by atoms with Crippen LogP contribution in [-0.4, -0.2) is 50.4 Å². The summed E-state index contributed by atoms with van der Waals surface area (Å²) in [6, 6.07) is 0. The van der Waals surface area contributed by atoms with Gasteiger partial charge in [0.05, 0.1) is 13.2 Å². The summed E-state index contributed by atoms with van der Waals surface area (Å²) in [6.07, 6.45) is -0.705. The van der Waals surface area contributed by atoms with Gasteiger partial charge >= 0.3 is 6.09 Å². The molecule has 2 N–H and O–H groups in total. The van der Waals surface area contributed by atoms with Gasteiger partial charge in [-0.1, -0.05) is 13.8 Å². The molecule has 1 rings (SSSR count). The summed E-state index contributed by atoms with van der Waals surface area (Å²) in [4.78, 5) is 12.4. The summed E-state index contributed by atoms with van der Waals surface area (Å²) in [5.41, 5.74) is 4.80. The number of amides is 1. The van der Waals surface area contributed by atoms with Crippen molar-refractivity contribution in [1.29, 1.82) is 0 Å². The molecule has 1 fully saturated rings. The van der Waals surface area contributed by atoms with Gasteiger partial charge in [0, 0.05) is 19.6 Å². The van der Waals surface area contributed by atoms with Crippen molar-refractivity contribution in [2.24, 2.45) is 5.73 Å². The SMILES string of the molecule is CC.NC(=O)OCCN1CCOCC1. The predicted octanol–water partition coefficient (Wildman–Crippen LogP) is 0.440. The second kappa shape index (κ2) is 8.77. The molecule has 0 aromatic carbocycles. The van der Waals surface area contributed by atoms with Gasteiger partial charge in [-0.25, -0.2) is 4.79 Å². The Kier molecular flexibility index (Phi) is 8.27. The summed E-state index contributed by atoms with van der Waals surface area (Å²) in [5.74, 6) is 0. The quantitative estimate of drug-likeness (QED) is 0.724. The van der Waals surface area contributed by atoms with E-state index in [4.69, 9.17) is 10.5 Å². The van der Waals surface area contributed by atoms with Gasteiger partial charge < -0.3 is 15.2 Å². The highest BCUT2D eigenvalue weighted by molar-refractivity contribution is 5.64. The minimum atomic E-state index is -0.705. The molecule has 0 spiro atoms. The average molecular weight is 204 g/mol. The molecule has 84 valence electrons. The number of carbonyl (C=O) groups excluding carboxylic acids is 1. The third-order valence-corrected chi connectivity index (χ3v) is 1.76. The Bertz CT molecular complexity index is 147. The second-order valence-electron chi connectivity index (χ2n) is 2.62. The maximum atomic E-state index is 10.2. The number of ether oxygens (including phenoxy) is 2. The summed E-state index contributed by atoms with van der Waals surface area (Å²) >= 11 is 0. The normalized spacial score (nSPS) is 16.7. The lowest BCUT2D eigenvalue weighted by Gasteiger charge is -2.25. The van der Waals surface area contributed by atoms with Gasteiger partial charge in [0.1, 0.15) is 6.61 Å². The van der Waals surface area contributed by atoms with E-state index < -0.39 is 6.09 Å². The van der Waals surface area contributed by atoms with E-state index in [1.54, 1.807) is 0 Å². The van der Waals surface area contributed by atoms with Crippen LogP contribution in [0.15, 0.2) is 0 Å². The Balaban J connectivity index is 0.000000791. The van der Waals surface area contributed by atoms with Crippen molar-refractivity contribution in [3.63, 3.8) is 0 Å². The molecule has 5 heteroatoms. The molecule has 0 unspecified atom stereocenters. The highest BCUT2D eigenvalue weighted by Gasteiger charge is 2.09. The zero-order chi connectivity index (χ0) is 10.8. The number of rotatable bonds is 3. The number of hydrogen-bond acceptors (Lipinski definition) is 4. The molecule has 1 saturated heterocycles. The molecular formula is C9H20N2O3. The van der Waals surface area contributed by atoms with Gasteiger partial charge in [-0.15, -0.1) is 0 Å². The van der Waals surface area contributed by atoms with Crippen LogP contribution < -0.4 is 5.73 Å². The molecule has 1 aliphatic rings. The van der Waals surface area contributed by atoms with Crippen LogP contribution in [-0.2, 0) is 9.47 Å². The van der Waals surface area contributed by atoms with Crippen LogP contribution in [0.5, 0.6) is 0 Å². The summed E-state index contributed by atoms with van der Waals surface area (Å²) < 4.78 is 9.75. The summed E-state index contributed by atoms with van der Waals surface area (Å²) in [7, 11) is 0. The van der Waals surface area contributed by atoms with Crippen LogP contribution in [0.2, 0.25) is 0 Å². The van der Waals surface area contributed by atoms with Crippen LogP contribution in [0, 0.1) is 0 Å². The Hall–Kier alpha value is -0.810. The van der Waals surface area contributed by atoms with E-state index in [1.807, 2.05) is 13.8 Å². The Labute approximate surface area is 85.1 Å². The fourth-order valence-corrected chi connectivity index (χ4v) is 1.10. The van der Waals surface area contributed by atoms with Crippen molar-refractivity contribution in [2.45, 2.75) is 13.8 Å². The number of morpholine rings is 1. The molecule has 0 aromatic rings. The maximum absolute atomic E-state index is 10.2. The number of primary amides is 1. The summed E-state index contributed by atoms with van der Waals surface area (Å²) in [5, 5.41) is 0. The van der Waals surface area contributed by atoms with Gasteiger partial charge in [0.25, 0.3) is 0 Å². The van der Waals surface area contributed by atoms with Gasteiger partial charge in [-0.05, 0) is 0 Å². The molecule has 0 radical (unpaired) electrons. The first-order chi connectivity index (χ1) is 6.79. The van der Waals surface area contributed by atoms with Gasteiger partial charge in [0.15, 0.2) is 0 Å². The van der Waals surface area contributed by atoms with E-state index in [-0.39, 0.29) is 0 Å². The Morgan fingerprint density at radius 2 is 2.00 bits per heavy atom. The van der Waals surface area contributed by atoms with Crippen LogP contribution in [0.25, 0.3) is 0 Å². The molecule has 0 bridgehead atoms. The molecule has 1 heterocycles. The zero-order valence-corrected chi connectivity index (χ0v) is 8.99. The molecular weight excluding hydrogens is 184 g/mol. The van der Waals surface area contributed by atoms with Crippen molar-refractivity contribution in [1.82, 2.24) is 4.90 Å². The smallest absolute Gasteiger partial charge is 0.404 e. The molecule has 5 nitrogen and oxygen atoms in total. The fraction of sp³-hybridized carbons (Fsp3) is 0.889. The largest absolute Gasteiger partial charge is 0.448 e. The first kappa shape index (κ1) is 13.2. The van der Waals surface area contributed by atoms with Crippen LogP contribution in [0.1, 0.15) is 13.8 Å². The van der Waals surface area contributed by atoms with Crippen molar-refractivity contribution < 1.29 is 14.3 Å². The molecule has 14 heavy (non-hydrogen) atoms. The third kappa shape index (κ3) is 6.68. The number of carbonyl (C=O) groups is 1. The maximum Gasteiger partial charge on any atom is 0.404 e. The Morgan fingerprint density at radius 3 is 2.50 bits per heavy atom. The van der Waals surface area contributed by atoms with Crippen LogP contribution >= 0.6 is 0 Å². The predicted molar refractivity (Wildman–Crippen MR) is 54.1 cm³/mol. The number of nitrogens with zero attached hydrogens (tertiary/aromatic N) is 1. The number of hydrogen-bond donors (Lipinski definition) is 1.